The van der Waals surface area contributed by atoms with Gasteiger partial charge in [-0.1, -0.05) is 11.6 Å². The molecule has 22 heavy (non-hydrogen) atoms. The lowest BCUT2D eigenvalue weighted by Gasteiger charge is -2.11. The number of quaternary nitrogens is 1. The monoisotopic (exact) mass is 322 g/mol. The summed E-state index contributed by atoms with van der Waals surface area (Å²) >= 11 is 5.70. The van der Waals surface area contributed by atoms with E-state index in [4.69, 9.17) is 16.8 Å². The molecule has 0 fully saturated rings. The van der Waals surface area contributed by atoms with Crippen molar-refractivity contribution >= 4 is 29.2 Å². The maximum absolute atomic E-state index is 11.7. The predicted octanol–water partition coefficient (Wildman–Crippen LogP) is 1.25. The van der Waals surface area contributed by atoms with E-state index in [9.17, 15) is 14.8 Å². The first-order chi connectivity index (χ1) is 10.5. The Labute approximate surface area is 130 Å². The van der Waals surface area contributed by atoms with Crippen LogP contribution in [0.3, 0.4) is 0 Å². The van der Waals surface area contributed by atoms with Crippen LogP contribution in [0.25, 0.3) is 0 Å². The molecule has 0 aliphatic rings. The fourth-order valence-electron chi connectivity index (χ4n) is 1.56. The van der Waals surface area contributed by atoms with E-state index in [1.165, 1.54) is 48.5 Å². The average Bonchev–Trinajstić information content (AvgIpc) is 2.53. The minimum Gasteiger partial charge on any atom is -0.595 e. The SMILES string of the molecule is O=C(NOC(=O)c1ccc([NH+]([O-])O)cc1)c1ccc(Cl)cc1. The molecular formula is C14H11ClN2O5. The second-order valence-corrected chi connectivity index (χ2v) is 4.65. The molecule has 0 aliphatic heterocycles. The first-order valence-electron chi connectivity index (χ1n) is 6.08. The van der Waals surface area contributed by atoms with E-state index in [2.05, 4.69) is 4.84 Å². The molecule has 1 unspecified atom stereocenters. The summed E-state index contributed by atoms with van der Waals surface area (Å²) in [7, 11) is 0. The highest BCUT2D eigenvalue weighted by molar-refractivity contribution is 6.30. The van der Waals surface area contributed by atoms with Crippen LogP contribution in [0.5, 0.6) is 0 Å². The normalized spacial score (nSPS) is 11.6. The molecule has 0 aromatic heterocycles. The van der Waals surface area contributed by atoms with Gasteiger partial charge in [0.15, 0.2) is 5.69 Å². The number of carbonyl (C=O) groups is 2. The lowest BCUT2D eigenvalue weighted by atomic mass is 10.2. The van der Waals surface area contributed by atoms with Crippen LogP contribution >= 0.6 is 11.6 Å². The smallest absolute Gasteiger partial charge is 0.362 e. The summed E-state index contributed by atoms with van der Waals surface area (Å²) < 4.78 is 0. The van der Waals surface area contributed by atoms with Crippen molar-refractivity contribution in [1.82, 2.24) is 5.48 Å². The van der Waals surface area contributed by atoms with E-state index in [-0.39, 0.29) is 16.8 Å². The number of hydrogen-bond acceptors (Lipinski definition) is 5. The topological polar surface area (TPSA) is 103 Å². The van der Waals surface area contributed by atoms with Gasteiger partial charge >= 0.3 is 5.97 Å². The first kappa shape index (κ1) is 15.9. The fourth-order valence-corrected chi connectivity index (χ4v) is 1.69. The molecule has 0 aliphatic carbocycles. The highest BCUT2D eigenvalue weighted by Crippen LogP contribution is 2.10. The Morgan fingerprint density at radius 3 is 2.14 bits per heavy atom. The lowest BCUT2D eigenvalue weighted by Crippen LogP contribution is -2.99. The van der Waals surface area contributed by atoms with E-state index in [1.807, 2.05) is 5.48 Å². The van der Waals surface area contributed by atoms with Gasteiger partial charge in [0.1, 0.15) is 0 Å². The number of amides is 1. The van der Waals surface area contributed by atoms with Crippen molar-refractivity contribution in [3.8, 4) is 0 Å². The Balaban J connectivity index is 1.94. The number of carbonyl (C=O) groups excluding carboxylic acids is 2. The number of halogens is 1. The van der Waals surface area contributed by atoms with Gasteiger partial charge in [-0.2, -0.15) is 10.7 Å². The Hall–Kier alpha value is -2.45. The molecule has 0 heterocycles. The Morgan fingerprint density at radius 1 is 1.05 bits per heavy atom. The molecule has 0 radical (unpaired) electrons. The zero-order chi connectivity index (χ0) is 16.1. The van der Waals surface area contributed by atoms with Crippen LogP contribution in [0.15, 0.2) is 48.5 Å². The first-order valence-corrected chi connectivity index (χ1v) is 6.45. The van der Waals surface area contributed by atoms with Crippen LogP contribution in [0, 0.1) is 5.21 Å². The van der Waals surface area contributed by atoms with Crippen molar-refractivity contribution in [3.63, 3.8) is 0 Å². The van der Waals surface area contributed by atoms with Gasteiger partial charge in [-0.3, -0.25) is 4.79 Å². The second kappa shape index (κ2) is 7.01. The van der Waals surface area contributed by atoms with Crippen LogP contribution < -0.4 is 10.7 Å². The molecule has 2 rings (SSSR count). The third-order valence-corrected chi connectivity index (χ3v) is 2.96. The van der Waals surface area contributed by atoms with Gasteiger partial charge < -0.3 is 10.0 Å². The van der Waals surface area contributed by atoms with Gasteiger partial charge in [0, 0.05) is 22.7 Å². The molecule has 1 atom stereocenters. The van der Waals surface area contributed by atoms with Gasteiger partial charge in [0.05, 0.1) is 5.56 Å². The molecule has 3 N–H and O–H groups in total. The number of nitrogens with one attached hydrogen (secondary N) is 2. The standard InChI is InChI=1S/C14H11ClN2O5/c15-11-5-1-9(2-6-11)13(18)16-22-14(19)10-3-7-12(8-4-10)17(20)21/h1-8,17,20H,(H,16,18). The number of hydroxylamine groups is 1. The third-order valence-electron chi connectivity index (χ3n) is 2.71. The zero-order valence-corrected chi connectivity index (χ0v) is 11.8. The van der Waals surface area contributed by atoms with Gasteiger partial charge in [0.25, 0.3) is 5.91 Å². The van der Waals surface area contributed by atoms with E-state index in [0.717, 1.165) is 0 Å². The summed E-state index contributed by atoms with van der Waals surface area (Å²) in [6.45, 7) is 0. The molecular weight excluding hydrogens is 312 g/mol. The maximum Gasteiger partial charge on any atom is 0.362 e. The molecule has 0 spiro atoms. The molecule has 7 nitrogen and oxygen atoms in total. The molecule has 0 saturated heterocycles. The molecule has 8 heteroatoms. The summed E-state index contributed by atoms with van der Waals surface area (Å²) in [6.07, 6.45) is 0. The Kier molecular flexibility index (Phi) is 5.08. The minimum atomic E-state index is -1.10. The molecule has 0 saturated carbocycles. The van der Waals surface area contributed by atoms with Crippen LogP contribution in [0.2, 0.25) is 5.02 Å². The summed E-state index contributed by atoms with van der Waals surface area (Å²) in [5.74, 6) is -1.41. The van der Waals surface area contributed by atoms with Gasteiger partial charge in [-0.25, -0.2) is 10.0 Å². The number of benzene rings is 2. The Bertz CT molecular complexity index is 671. The van der Waals surface area contributed by atoms with Crippen LogP contribution in [-0.4, -0.2) is 17.1 Å². The van der Waals surface area contributed by atoms with E-state index in [0.29, 0.717) is 5.02 Å². The van der Waals surface area contributed by atoms with Gasteiger partial charge in [-0.05, 0) is 36.4 Å². The number of hydrogen-bond donors (Lipinski definition) is 3. The van der Waals surface area contributed by atoms with Crippen molar-refractivity contribution in [2.75, 3.05) is 0 Å². The minimum absolute atomic E-state index is 0.0433. The van der Waals surface area contributed by atoms with Crippen LogP contribution in [0.1, 0.15) is 20.7 Å². The maximum atomic E-state index is 11.7. The predicted molar refractivity (Wildman–Crippen MR) is 76.6 cm³/mol. The molecule has 1 amide bonds. The van der Waals surface area contributed by atoms with Crippen LogP contribution in [-0.2, 0) is 4.84 Å². The Morgan fingerprint density at radius 2 is 1.59 bits per heavy atom. The highest BCUT2D eigenvalue weighted by atomic mass is 35.5. The van der Waals surface area contributed by atoms with Crippen molar-refractivity contribution < 1.29 is 24.9 Å². The van der Waals surface area contributed by atoms with E-state index < -0.39 is 17.1 Å². The van der Waals surface area contributed by atoms with Crippen molar-refractivity contribution in [2.24, 2.45) is 0 Å². The summed E-state index contributed by atoms with van der Waals surface area (Å²) in [5.41, 5.74) is 2.44. The third kappa shape index (κ3) is 4.03. The second-order valence-electron chi connectivity index (χ2n) is 4.21. The summed E-state index contributed by atoms with van der Waals surface area (Å²) in [5, 5.41) is 18.8. The van der Waals surface area contributed by atoms with E-state index >= 15 is 0 Å². The van der Waals surface area contributed by atoms with Crippen LogP contribution in [0.4, 0.5) is 5.69 Å². The highest BCUT2D eigenvalue weighted by Gasteiger charge is 2.12. The summed E-state index contributed by atoms with van der Waals surface area (Å²) in [6, 6.07) is 11.1. The van der Waals surface area contributed by atoms with Gasteiger partial charge in [0.2, 0.25) is 0 Å². The number of rotatable bonds is 3. The summed E-state index contributed by atoms with van der Waals surface area (Å²) in [4.78, 5) is 28.1. The quantitative estimate of drug-likeness (QED) is 0.738. The largest absolute Gasteiger partial charge is 0.595 e. The molecule has 2 aromatic rings. The van der Waals surface area contributed by atoms with E-state index in [1.54, 1.807) is 0 Å². The van der Waals surface area contributed by atoms with Gasteiger partial charge in [-0.15, -0.1) is 0 Å². The fraction of sp³-hybridized carbons (Fsp3) is 0. The zero-order valence-electron chi connectivity index (χ0n) is 11.1. The molecule has 2 aromatic carbocycles. The molecule has 114 valence electrons. The molecule has 0 bridgehead atoms. The van der Waals surface area contributed by atoms with Crippen molar-refractivity contribution in [3.05, 3.63) is 69.9 Å². The van der Waals surface area contributed by atoms with Crippen molar-refractivity contribution in [1.29, 1.82) is 0 Å². The van der Waals surface area contributed by atoms with Crippen molar-refractivity contribution in [2.45, 2.75) is 0 Å². The average molecular weight is 323 g/mol. The lowest BCUT2D eigenvalue weighted by molar-refractivity contribution is -0.991.